The first-order valence-corrected chi connectivity index (χ1v) is 13.5. The summed E-state index contributed by atoms with van der Waals surface area (Å²) in [6.45, 7) is 6.25. The van der Waals surface area contributed by atoms with E-state index in [9.17, 15) is 22.8 Å². The highest BCUT2D eigenvalue weighted by molar-refractivity contribution is 7.89. The summed E-state index contributed by atoms with van der Waals surface area (Å²) in [7, 11) is -3.63. The van der Waals surface area contributed by atoms with E-state index in [1.807, 2.05) is 0 Å². The molecule has 2 N–H and O–H groups in total. The molecule has 0 radical (unpaired) electrons. The van der Waals surface area contributed by atoms with Gasteiger partial charge in [-0.1, -0.05) is 19.9 Å². The number of carbonyl (C=O) groups excluding carboxylic acids is 3. The molecule has 2 aromatic rings. The Kier molecular flexibility index (Phi) is 7.42. The van der Waals surface area contributed by atoms with Crippen LogP contribution in [-0.2, 0) is 25.2 Å². The Morgan fingerprint density at radius 1 is 1.05 bits per heavy atom. The lowest BCUT2D eigenvalue weighted by Gasteiger charge is -2.23. The van der Waals surface area contributed by atoms with Crippen molar-refractivity contribution in [2.75, 3.05) is 38.2 Å². The van der Waals surface area contributed by atoms with E-state index in [0.29, 0.717) is 49.1 Å². The van der Waals surface area contributed by atoms with Gasteiger partial charge in [-0.15, -0.1) is 0 Å². The summed E-state index contributed by atoms with van der Waals surface area (Å²) in [6.07, 6.45) is 0.730. The fourth-order valence-corrected chi connectivity index (χ4v) is 5.74. The van der Waals surface area contributed by atoms with E-state index in [1.165, 1.54) is 28.6 Å². The van der Waals surface area contributed by atoms with Crippen LogP contribution in [0.2, 0.25) is 0 Å². The number of urea groups is 1. The molecule has 1 saturated heterocycles. The molecule has 1 atom stereocenters. The minimum absolute atomic E-state index is 0.106. The van der Waals surface area contributed by atoms with Crippen LogP contribution in [0.15, 0.2) is 47.4 Å². The van der Waals surface area contributed by atoms with E-state index >= 15 is 0 Å². The van der Waals surface area contributed by atoms with Crippen molar-refractivity contribution in [1.29, 1.82) is 0 Å². The molecule has 0 saturated carbocycles. The van der Waals surface area contributed by atoms with Crippen LogP contribution in [0, 0.1) is 0 Å². The first-order valence-electron chi connectivity index (χ1n) is 12.0. The smallest absolute Gasteiger partial charge is 0.325 e. The number of nitrogens with one attached hydrogen (secondary N) is 2. The van der Waals surface area contributed by atoms with Gasteiger partial charge >= 0.3 is 6.03 Å². The van der Waals surface area contributed by atoms with Gasteiger partial charge in [0.25, 0.3) is 5.91 Å². The summed E-state index contributed by atoms with van der Waals surface area (Å²) in [4.78, 5) is 39.5. The van der Waals surface area contributed by atoms with Crippen molar-refractivity contribution in [2.24, 2.45) is 0 Å². The molecule has 198 valence electrons. The fraction of sp³-hybridized carbons (Fsp3) is 0.400. The second kappa shape index (κ2) is 10.4. The number of rotatable bonds is 8. The number of sulfonamides is 1. The lowest BCUT2D eigenvalue weighted by Crippen LogP contribution is -2.42. The van der Waals surface area contributed by atoms with Gasteiger partial charge in [0.2, 0.25) is 15.9 Å². The first-order chi connectivity index (χ1) is 17.6. The van der Waals surface area contributed by atoms with Gasteiger partial charge in [0.1, 0.15) is 12.1 Å². The molecule has 0 aliphatic carbocycles. The number of carbonyl (C=O) groups is 3. The summed E-state index contributed by atoms with van der Waals surface area (Å²) < 4.78 is 37.9. The number of fused-ring (bicyclic) bond motifs is 1. The number of nitrogens with zero attached hydrogens (tertiary/aromatic N) is 2. The summed E-state index contributed by atoms with van der Waals surface area (Å²) in [5.41, 5.74) is -0.549. The molecule has 37 heavy (non-hydrogen) atoms. The van der Waals surface area contributed by atoms with Crippen LogP contribution in [0.3, 0.4) is 0 Å². The molecule has 12 heteroatoms. The van der Waals surface area contributed by atoms with Crippen molar-refractivity contribution in [3.05, 3.63) is 48.0 Å². The molecule has 4 rings (SSSR count). The Morgan fingerprint density at radius 2 is 1.70 bits per heavy atom. The van der Waals surface area contributed by atoms with E-state index < -0.39 is 40.0 Å². The highest BCUT2D eigenvalue weighted by Gasteiger charge is 2.49. The van der Waals surface area contributed by atoms with Crippen LogP contribution < -0.4 is 20.1 Å². The predicted octanol–water partition coefficient (Wildman–Crippen LogP) is 2.28. The number of amides is 4. The van der Waals surface area contributed by atoms with Gasteiger partial charge in [-0.3, -0.25) is 14.5 Å². The minimum atomic E-state index is -3.63. The topological polar surface area (TPSA) is 134 Å². The van der Waals surface area contributed by atoms with Crippen molar-refractivity contribution >= 4 is 33.6 Å². The average molecular weight is 531 g/mol. The number of benzene rings is 2. The Labute approximate surface area is 215 Å². The Hall–Kier alpha value is -3.64. The zero-order valence-corrected chi connectivity index (χ0v) is 21.8. The predicted molar refractivity (Wildman–Crippen MR) is 135 cm³/mol. The van der Waals surface area contributed by atoms with Gasteiger partial charge in [-0.2, -0.15) is 4.31 Å². The van der Waals surface area contributed by atoms with Crippen molar-refractivity contribution in [3.8, 4) is 11.5 Å². The third-order valence-corrected chi connectivity index (χ3v) is 8.45. The maximum atomic E-state index is 13.3. The quantitative estimate of drug-likeness (QED) is 0.500. The van der Waals surface area contributed by atoms with Crippen molar-refractivity contribution in [3.63, 3.8) is 0 Å². The second-order valence-corrected chi connectivity index (χ2v) is 10.8. The summed E-state index contributed by atoms with van der Waals surface area (Å²) in [6, 6.07) is 10.1. The van der Waals surface area contributed by atoms with Gasteiger partial charge < -0.3 is 20.1 Å². The van der Waals surface area contributed by atoms with Crippen molar-refractivity contribution < 1.29 is 32.3 Å². The third kappa shape index (κ3) is 5.12. The van der Waals surface area contributed by atoms with Crippen LogP contribution >= 0.6 is 0 Å². The van der Waals surface area contributed by atoms with Crippen LogP contribution in [0.25, 0.3) is 0 Å². The highest BCUT2D eigenvalue weighted by Crippen LogP contribution is 2.36. The van der Waals surface area contributed by atoms with Gasteiger partial charge in [-0.05, 0) is 48.9 Å². The molecule has 2 aromatic carbocycles. The maximum absolute atomic E-state index is 13.3. The zero-order chi connectivity index (χ0) is 26.8. The Morgan fingerprint density at radius 3 is 2.35 bits per heavy atom. The van der Waals surface area contributed by atoms with Crippen LogP contribution in [0.1, 0.15) is 32.8 Å². The Bertz CT molecular complexity index is 1310. The van der Waals surface area contributed by atoms with Crippen molar-refractivity contribution in [2.45, 2.75) is 37.6 Å². The van der Waals surface area contributed by atoms with Crippen LogP contribution in [0.4, 0.5) is 10.5 Å². The second-order valence-electron chi connectivity index (χ2n) is 8.82. The largest absolute Gasteiger partial charge is 0.490 e. The van der Waals surface area contributed by atoms with Crippen LogP contribution in [0.5, 0.6) is 11.5 Å². The Balaban J connectivity index is 1.44. The van der Waals surface area contributed by atoms with Gasteiger partial charge in [0.15, 0.2) is 11.5 Å². The molecule has 1 unspecified atom stereocenters. The molecule has 11 nitrogen and oxygen atoms in total. The number of imide groups is 1. The number of hydrogen-bond acceptors (Lipinski definition) is 7. The van der Waals surface area contributed by atoms with Crippen molar-refractivity contribution in [1.82, 2.24) is 14.5 Å². The lowest BCUT2D eigenvalue weighted by molar-refractivity contribution is -0.133. The molecule has 2 aliphatic heterocycles. The molecule has 0 aromatic heterocycles. The van der Waals surface area contributed by atoms with Gasteiger partial charge in [0, 0.05) is 25.2 Å². The highest BCUT2D eigenvalue weighted by atomic mass is 32.2. The summed E-state index contributed by atoms with van der Waals surface area (Å²) in [5.74, 6) is -0.136. The molecule has 0 bridgehead atoms. The molecular formula is C25H30N4O7S. The molecule has 0 spiro atoms. The maximum Gasteiger partial charge on any atom is 0.325 e. The standard InChI is InChI=1S/C25H30N4O7S/c1-4-28(5-2)37(33,34)19-10-8-18(9-11-19)26-22(30)16-29-23(31)25(3,27-24(29)32)17-7-12-20-21(15-17)36-14-6-13-35-20/h7-12,15H,4-6,13-14,16H2,1-3H3,(H,26,30)(H,27,32). The molecule has 2 aliphatic rings. The number of hydrogen-bond donors (Lipinski definition) is 2. The fourth-order valence-electron chi connectivity index (χ4n) is 4.28. The van der Waals surface area contributed by atoms with Gasteiger partial charge in [0.05, 0.1) is 18.1 Å². The third-order valence-electron chi connectivity index (χ3n) is 6.38. The van der Waals surface area contributed by atoms with E-state index in [1.54, 1.807) is 39.0 Å². The van der Waals surface area contributed by atoms with Gasteiger partial charge in [-0.25, -0.2) is 13.2 Å². The normalized spacial score (nSPS) is 19.5. The first kappa shape index (κ1) is 26.4. The van der Waals surface area contributed by atoms with E-state index in [2.05, 4.69) is 10.6 Å². The van der Waals surface area contributed by atoms with E-state index in [4.69, 9.17) is 9.47 Å². The van der Waals surface area contributed by atoms with E-state index in [-0.39, 0.29) is 4.90 Å². The number of ether oxygens (including phenoxy) is 2. The summed E-state index contributed by atoms with van der Waals surface area (Å²) >= 11 is 0. The average Bonchev–Trinajstić information content (AvgIpc) is 3.02. The summed E-state index contributed by atoms with van der Waals surface area (Å²) in [5, 5.41) is 5.28. The molecule has 4 amide bonds. The van der Waals surface area contributed by atoms with Crippen LogP contribution in [-0.4, -0.2) is 68.3 Å². The lowest BCUT2D eigenvalue weighted by atomic mass is 9.91. The minimum Gasteiger partial charge on any atom is -0.490 e. The van der Waals surface area contributed by atoms with E-state index in [0.717, 1.165) is 11.3 Å². The molecular weight excluding hydrogens is 500 g/mol. The molecule has 2 heterocycles. The number of anilines is 1. The monoisotopic (exact) mass is 530 g/mol. The molecule has 1 fully saturated rings. The SMILES string of the molecule is CCN(CC)S(=O)(=O)c1ccc(NC(=O)CN2C(=O)NC(C)(c3ccc4c(c3)OCCCO4)C2=O)cc1. The zero-order valence-electron chi connectivity index (χ0n) is 20.9.